The number of tetrazole rings is 1. The van der Waals surface area contributed by atoms with Gasteiger partial charge in [-0.15, -0.1) is 0 Å². The Balaban J connectivity index is 1.95. The lowest BCUT2D eigenvalue weighted by Crippen LogP contribution is -2.56. The van der Waals surface area contributed by atoms with Crippen LogP contribution >= 0.6 is 0 Å². The second kappa shape index (κ2) is 7.50. The number of carbonyl (C=O) groups excluding carboxylic acids is 1. The average Bonchev–Trinajstić information content (AvgIpc) is 2.86. The molecule has 1 aliphatic rings. The van der Waals surface area contributed by atoms with Gasteiger partial charge >= 0.3 is 0 Å². The number of amides is 1. The number of nitrogens with two attached hydrogens (primary N) is 1. The lowest BCUT2D eigenvalue weighted by molar-refractivity contribution is -0.135. The smallest absolute Gasteiger partial charge is 0.244 e. The Morgan fingerprint density at radius 1 is 1.45 bits per heavy atom. The molecule has 2 heterocycles. The van der Waals surface area contributed by atoms with Gasteiger partial charge in [-0.05, 0) is 22.8 Å². The van der Waals surface area contributed by atoms with E-state index in [0.29, 0.717) is 25.4 Å². The van der Waals surface area contributed by atoms with E-state index in [0.717, 1.165) is 13.1 Å². The van der Waals surface area contributed by atoms with Gasteiger partial charge < -0.3 is 15.7 Å². The fourth-order valence-corrected chi connectivity index (χ4v) is 2.80. The first-order valence-corrected chi connectivity index (χ1v) is 7.65. The summed E-state index contributed by atoms with van der Waals surface area (Å²) >= 11 is 0. The second-order valence-electron chi connectivity index (χ2n) is 6.09. The molecule has 9 heteroatoms. The SMILES string of the molecule is CC(C)CN1CCN(C(=O)Cn2nnnc2N)C[C@@H]1CCO. The van der Waals surface area contributed by atoms with Crippen LogP contribution in [0.4, 0.5) is 5.95 Å². The second-order valence-corrected chi connectivity index (χ2v) is 6.09. The molecule has 0 aliphatic carbocycles. The van der Waals surface area contributed by atoms with Crippen molar-refractivity contribution in [1.82, 2.24) is 30.0 Å². The fourth-order valence-electron chi connectivity index (χ4n) is 2.80. The molecule has 0 spiro atoms. The van der Waals surface area contributed by atoms with Crippen molar-refractivity contribution >= 4 is 11.9 Å². The molecule has 9 nitrogen and oxygen atoms in total. The van der Waals surface area contributed by atoms with Crippen molar-refractivity contribution in [2.24, 2.45) is 5.92 Å². The van der Waals surface area contributed by atoms with Crippen molar-refractivity contribution in [2.75, 3.05) is 38.5 Å². The lowest BCUT2D eigenvalue weighted by atomic mass is 10.1. The molecule has 1 aromatic heterocycles. The number of carbonyl (C=O) groups is 1. The first kappa shape index (κ1) is 16.6. The predicted octanol–water partition coefficient (Wildman–Crippen LogP) is -1.19. The van der Waals surface area contributed by atoms with Gasteiger partial charge in [-0.1, -0.05) is 18.9 Å². The van der Waals surface area contributed by atoms with Crippen LogP contribution in [0.15, 0.2) is 0 Å². The molecule has 0 saturated carbocycles. The number of hydrogen-bond acceptors (Lipinski definition) is 7. The standard InChI is InChI=1S/C13H25N7O2/c1-10(2)7-18-4-5-19(8-11(18)3-6-21)12(22)9-20-13(14)15-16-17-20/h10-11,21H,3-9H2,1-2H3,(H2,14,15,17)/t11-/m0/s1. The largest absolute Gasteiger partial charge is 0.396 e. The summed E-state index contributed by atoms with van der Waals surface area (Å²) in [5.41, 5.74) is 5.59. The number of anilines is 1. The van der Waals surface area contributed by atoms with E-state index in [1.807, 2.05) is 0 Å². The van der Waals surface area contributed by atoms with Gasteiger partial charge in [0.25, 0.3) is 0 Å². The van der Waals surface area contributed by atoms with Gasteiger partial charge in [0.15, 0.2) is 0 Å². The number of aliphatic hydroxyl groups is 1. The van der Waals surface area contributed by atoms with E-state index in [4.69, 9.17) is 5.73 Å². The van der Waals surface area contributed by atoms with E-state index in [1.54, 1.807) is 4.90 Å². The van der Waals surface area contributed by atoms with Crippen molar-refractivity contribution in [2.45, 2.75) is 32.9 Å². The number of nitrogen functional groups attached to an aromatic ring is 1. The normalized spacial score (nSPS) is 19.8. The third-order valence-corrected chi connectivity index (χ3v) is 3.86. The molecule has 0 bridgehead atoms. The molecule has 1 aliphatic heterocycles. The van der Waals surface area contributed by atoms with Gasteiger partial charge in [0, 0.05) is 38.8 Å². The van der Waals surface area contributed by atoms with Crippen LogP contribution in [0.3, 0.4) is 0 Å². The number of aliphatic hydroxyl groups excluding tert-OH is 1. The van der Waals surface area contributed by atoms with Crippen LogP contribution in [0, 0.1) is 5.92 Å². The fraction of sp³-hybridized carbons (Fsp3) is 0.846. The summed E-state index contributed by atoms with van der Waals surface area (Å²) in [5.74, 6) is 0.648. The van der Waals surface area contributed by atoms with Crippen molar-refractivity contribution in [3.8, 4) is 0 Å². The molecule has 22 heavy (non-hydrogen) atoms. The lowest BCUT2D eigenvalue weighted by Gasteiger charge is -2.42. The Morgan fingerprint density at radius 3 is 2.82 bits per heavy atom. The molecule has 1 saturated heterocycles. The first-order valence-electron chi connectivity index (χ1n) is 7.65. The summed E-state index contributed by atoms with van der Waals surface area (Å²) in [6, 6.07) is 0.191. The highest BCUT2D eigenvalue weighted by molar-refractivity contribution is 5.76. The van der Waals surface area contributed by atoms with Crippen molar-refractivity contribution in [3.63, 3.8) is 0 Å². The van der Waals surface area contributed by atoms with E-state index in [-0.39, 0.29) is 31.0 Å². The van der Waals surface area contributed by atoms with Gasteiger partial charge in [0.1, 0.15) is 6.54 Å². The molecule has 124 valence electrons. The Kier molecular flexibility index (Phi) is 5.67. The summed E-state index contributed by atoms with van der Waals surface area (Å²) in [7, 11) is 0. The quantitative estimate of drug-likeness (QED) is 0.679. The highest BCUT2D eigenvalue weighted by atomic mass is 16.3. The zero-order valence-electron chi connectivity index (χ0n) is 13.2. The maximum atomic E-state index is 12.4. The zero-order valence-corrected chi connectivity index (χ0v) is 13.2. The van der Waals surface area contributed by atoms with Crippen molar-refractivity contribution < 1.29 is 9.90 Å². The maximum Gasteiger partial charge on any atom is 0.244 e. The van der Waals surface area contributed by atoms with E-state index in [2.05, 4.69) is 34.3 Å². The summed E-state index contributed by atoms with van der Waals surface area (Å²) in [6.07, 6.45) is 0.670. The molecular formula is C13H25N7O2. The molecule has 0 aromatic carbocycles. The Hall–Kier alpha value is -1.74. The minimum Gasteiger partial charge on any atom is -0.396 e. The van der Waals surface area contributed by atoms with Crippen LogP contribution in [0.2, 0.25) is 0 Å². The molecule has 0 unspecified atom stereocenters. The van der Waals surface area contributed by atoms with Gasteiger partial charge in [-0.2, -0.15) is 0 Å². The predicted molar refractivity (Wildman–Crippen MR) is 80.7 cm³/mol. The molecule has 0 radical (unpaired) electrons. The van der Waals surface area contributed by atoms with Crippen LogP contribution in [0.1, 0.15) is 20.3 Å². The molecular weight excluding hydrogens is 286 g/mol. The van der Waals surface area contributed by atoms with Crippen LogP contribution in [-0.2, 0) is 11.3 Å². The first-order chi connectivity index (χ1) is 10.5. The number of rotatable bonds is 6. The third-order valence-electron chi connectivity index (χ3n) is 3.86. The molecule has 1 aromatic rings. The van der Waals surface area contributed by atoms with Gasteiger partial charge in [0.05, 0.1) is 0 Å². The van der Waals surface area contributed by atoms with E-state index in [9.17, 15) is 9.90 Å². The third kappa shape index (κ3) is 4.14. The molecule has 1 fully saturated rings. The maximum absolute atomic E-state index is 12.4. The summed E-state index contributed by atoms with van der Waals surface area (Å²) < 4.78 is 1.30. The number of piperazine rings is 1. The van der Waals surface area contributed by atoms with Crippen molar-refractivity contribution in [3.05, 3.63) is 0 Å². The Labute approximate surface area is 130 Å². The Bertz CT molecular complexity index is 490. The molecule has 1 amide bonds. The van der Waals surface area contributed by atoms with Crippen molar-refractivity contribution in [1.29, 1.82) is 0 Å². The summed E-state index contributed by atoms with van der Waals surface area (Å²) in [5, 5.41) is 20.0. The average molecular weight is 311 g/mol. The van der Waals surface area contributed by atoms with Crippen LogP contribution < -0.4 is 5.73 Å². The van der Waals surface area contributed by atoms with Crippen LogP contribution in [0.25, 0.3) is 0 Å². The van der Waals surface area contributed by atoms with Gasteiger partial charge in [-0.3, -0.25) is 9.69 Å². The van der Waals surface area contributed by atoms with E-state index in [1.165, 1.54) is 4.68 Å². The van der Waals surface area contributed by atoms with Crippen LogP contribution in [-0.4, -0.2) is 79.8 Å². The molecule has 3 N–H and O–H groups in total. The summed E-state index contributed by atoms with van der Waals surface area (Å²) in [4.78, 5) is 16.5. The highest BCUT2D eigenvalue weighted by Crippen LogP contribution is 2.15. The minimum absolute atomic E-state index is 0.0499. The zero-order chi connectivity index (χ0) is 16.1. The Morgan fingerprint density at radius 2 is 2.23 bits per heavy atom. The van der Waals surface area contributed by atoms with Gasteiger partial charge in [-0.25, -0.2) is 4.68 Å². The summed E-state index contributed by atoms with van der Waals surface area (Å²) in [6.45, 7) is 7.62. The minimum atomic E-state index is -0.0499. The topological polar surface area (TPSA) is 113 Å². The molecule has 1 atom stereocenters. The highest BCUT2D eigenvalue weighted by Gasteiger charge is 2.29. The van der Waals surface area contributed by atoms with E-state index < -0.39 is 0 Å². The van der Waals surface area contributed by atoms with Crippen LogP contribution in [0.5, 0.6) is 0 Å². The number of hydrogen-bond donors (Lipinski definition) is 2. The van der Waals surface area contributed by atoms with Gasteiger partial charge in [0.2, 0.25) is 11.9 Å². The monoisotopic (exact) mass is 311 g/mol. The number of nitrogens with zero attached hydrogens (tertiary/aromatic N) is 6. The molecule has 2 rings (SSSR count). The van der Waals surface area contributed by atoms with E-state index >= 15 is 0 Å². The number of aromatic nitrogens is 4.